The van der Waals surface area contributed by atoms with Gasteiger partial charge in [-0.05, 0) is 24.0 Å². The van der Waals surface area contributed by atoms with Crippen molar-refractivity contribution in [3.8, 4) is 0 Å². The molecule has 14 heavy (non-hydrogen) atoms. The molecule has 0 amide bonds. The minimum Gasteiger partial charge on any atom is -0.261 e. The van der Waals surface area contributed by atoms with Crippen LogP contribution in [0, 0.1) is 11.8 Å². The molecule has 0 aromatic carbocycles. The van der Waals surface area contributed by atoms with E-state index in [4.69, 9.17) is 11.6 Å². The van der Waals surface area contributed by atoms with E-state index in [-0.39, 0.29) is 0 Å². The SMILES string of the molecule is CC(C)C(c1cc(Cl)ccn1)C(C)C. The zero-order chi connectivity index (χ0) is 10.7. The van der Waals surface area contributed by atoms with Crippen molar-refractivity contribution in [3.63, 3.8) is 0 Å². The first kappa shape index (κ1) is 11.5. The topological polar surface area (TPSA) is 12.9 Å². The van der Waals surface area contributed by atoms with E-state index in [1.807, 2.05) is 12.1 Å². The van der Waals surface area contributed by atoms with Crippen molar-refractivity contribution >= 4 is 11.6 Å². The summed E-state index contributed by atoms with van der Waals surface area (Å²) in [7, 11) is 0. The summed E-state index contributed by atoms with van der Waals surface area (Å²) in [6.07, 6.45) is 1.79. The molecule has 1 nitrogen and oxygen atoms in total. The molecule has 1 aromatic rings. The van der Waals surface area contributed by atoms with Gasteiger partial charge in [0.15, 0.2) is 0 Å². The molecule has 0 aliphatic heterocycles. The number of pyridine rings is 1. The quantitative estimate of drug-likeness (QED) is 0.733. The minimum absolute atomic E-state index is 0.494. The lowest BCUT2D eigenvalue weighted by Gasteiger charge is -2.24. The summed E-state index contributed by atoms with van der Waals surface area (Å²) >= 11 is 5.96. The molecule has 1 heterocycles. The summed E-state index contributed by atoms with van der Waals surface area (Å²) in [5.74, 6) is 1.69. The van der Waals surface area contributed by atoms with E-state index in [0.29, 0.717) is 17.8 Å². The second-order valence-electron chi connectivity index (χ2n) is 4.41. The van der Waals surface area contributed by atoms with Crippen molar-refractivity contribution in [1.82, 2.24) is 4.98 Å². The first-order valence-corrected chi connectivity index (χ1v) is 5.51. The molecule has 0 aliphatic carbocycles. The molecule has 0 fully saturated rings. The van der Waals surface area contributed by atoms with Crippen molar-refractivity contribution in [2.45, 2.75) is 33.6 Å². The van der Waals surface area contributed by atoms with Crippen molar-refractivity contribution in [2.75, 3.05) is 0 Å². The maximum absolute atomic E-state index is 5.96. The van der Waals surface area contributed by atoms with Gasteiger partial charge in [0, 0.05) is 22.8 Å². The van der Waals surface area contributed by atoms with Crippen LogP contribution in [-0.2, 0) is 0 Å². The second kappa shape index (κ2) is 4.79. The Morgan fingerprint density at radius 3 is 2.14 bits per heavy atom. The molecule has 2 heteroatoms. The summed E-state index contributed by atoms with van der Waals surface area (Å²) in [5.41, 5.74) is 1.11. The van der Waals surface area contributed by atoms with Gasteiger partial charge in [0.2, 0.25) is 0 Å². The van der Waals surface area contributed by atoms with Gasteiger partial charge in [-0.2, -0.15) is 0 Å². The molecule has 0 unspecified atom stereocenters. The van der Waals surface area contributed by atoms with Crippen molar-refractivity contribution in [1.29, 1.82) is 0 Å². The maximum atomic E-state index is 5.96. The third-order valence-electron chi connectivity index (χ3n) is 2.52. The minimum atomic E-state index is 0.494. The van der Waals surface area contributed by atoms with E-state index in [1.54, 1.807) is 6.20 Å². The predicted molar refractivity (Wildman–Crippen MR) is 61.7 cm³/mol. The molecule has 0 spiro atoms. The molecular formula is C12H18ClN. The number of rotatable bonds is 3. The van der Waals surface area contributed by atoms with E-state index >= 15 is 0 Å². The van der Waals surface area contributed by atoms with Gasteiger partial charge in [0.25, 0.3) is 0 Å². The normalized spacial score (nSPS) is 11.7. The van der Waals surface area contributed by atoms with Crippen LogP contribution in [0.4, 0.5) is 0 Å². The van der Waals surface area contributed by atoms with Crippen molar-refractivity contribution < 1.29 is 0 Å². The van der Waals surface area contributed by atoms with Crippen LogP contribution in [-0.4, -0.2) is 4.98 Å². The highest BCUT2D eigenvalue weighted by molar-refractivity contribution is 6.30. The number of aromatic nitrogens is 1. The maximum Gasteiger partial charge on any atom is 0.0454 e. The van der Waals surface area contributed by atoms with Gasteiger partial charge in [-0.1, -0.05) is 39.3 Å². The predicted octanol–water partition coefficient (Wildman–Crippen LogP) is 4.13. The largest absolute Gasteiger partial charge is 0.261 e. The lowest BCUT2D eigenvalue weighted by atomic mass is 9.83. The average molecular weight is 212 g/mol. The van der Waals surface area contributed by atoms with Crippen LogP contribution < -0.4 is 0 Å². The molecule has 0 bridgehead atoms. The van der Waals surface area contributed by atoms with Gasteiger partial charge in [-0.25, -0.2) is 0 Å². The zero-order valence-corrected chi connectivity index (χ0v) is 10.0. The van der Waals surface area contributed by atoms with Gasteiger partial charge >= 0.3 is 0 Å². The highest BCUT2D eigenvalue weighted by atomic mass is 35.5. The molecule has 78 valence electrons. The number of halogens is 1. The molecule has 1 aromatic heterocycles. The Labute approximate surface area is 91.5 Å². The Morgan fingerprint density at radius 2 is 1.71 bits per heavy atom. The molecule has 0 aliphatic rings. The standard InChI is InChI=1S/C12H18ClN/c1-8(2)12(9(3)4)11-7-10(13)5-6-14-11/h5-9,12H,1-4H3. The Balaban J connectivity index is 2.99. The van der Waals surface area contributed by atoms with Crippen LogP contribution in [0.25, 0.3) is 0 Å². The van der Waals surface area contributed by atoms with Crippen LogP contribution in [0.1, 0.15) is 39.3 Å². The van der Waals surface area contributed by atoms with Gasteiger partial charge in [0.1, 0.15) is 0 Å². The molecule has 0 saturated heterocycles. The van der Waals surface area contributed by atoms with Crippen LogP contribution >= 0.6 is 11.6 Å². The summed E-state index contributed by atoms with van der Waals surface area (Å²) in [6, 6.07) is 3.80. The van der Waals surface area contributed by atoms with E-state index < -0.39 is 0 Å². The summed E-state index contributed by atoms with van der Waals surface area (Å²) < 4.78 is 0. The van der Waals surface area contributed by atoms with Crippen LogP contribution in [0.2, 0.25) is 5.02 Å². The third kappa shape index (κ3) is 2.71. The van der Waals surface area contributed by atoms with Crippen molar-refractivity contribution in [2.24, 2.45) is 11.8 Å². The summed E-state index contributed by atoms with van der Waals surface area (Å²) in [5, 5.41) is 0.779. The summed E-state index contributed by atoms with van der Waals surface area (Å²) in [6.45, 7) is 8.92. The Hall–Kier alpha value is -0.560. The van der Waals surface area contributed by atoms with Gasteiger partial charge in [0.05, 0.1) is 0 Å². The fourth-order valence-corrected chi connectivity index (χ4v) is 2.22. The van der Waals surface area contributed by atoms with Crippen LogP contribution in [0.15, 0.2) is 18.3 Å². The van der Waals surface area contributed by atoms with E-state index in [2.05, 4.69) is 32.7 Å². The highest BCUT2D eigenvalue weighted by Gasteiger charge is 2.20. The lowest BCUT2D eigenvalue weighted by molar-refractivity contribution is 0.380. The smallest absolute Gasteiger partial charge is 0.0454 e. The first-order chi connectivity index (χ1) is 6.52. The van der Waals surface area contributed by atoms with Crippen molar-refractivity contribution in [3.05, 3.63) is 29.0 Å². The number of nitrogens with zero attached hydrogens (tertiary/aromatic N) is 1. The Bertz CT molecular complexity index is 286. The van der Waals surface area contributed by atoms with E-state index in [1.165, 1.54) is 0 Å². The monoisotopic (exact) mass is 211 g/mol. The molecule has 0 saturated carbocycles. The summed E-state index contributed by atoms with van der Waals surface area (Å²) in [4.78, 5) is 4.40. The Morgan fingerprint density at radius 1 is 1.14 bits per heavy atom. The zero-order valence-electron chi connectivity index (χ0n) is 9.29. The molecule has 1 rings (SSSR count). The third-order valence-corrected chi connectivity index (χ3v) is 2.76. The van der Waals surface area contributed by atoms with Crippen LogP contribution in [0.3, 0.4) is 0 Å². The molecule has 0 radical (unpaired) electrons. The average Bonchev–Trinajstić information content (AvgIpc) is 2.02. The van der Waals surface area contributed by atoms with E-state index in [9.17, 15) is 0 Å². The lowest BCUT2D eigenvalue weighted by Crippen LogP contribution is -2.14. The first-order valence-electron chi connectivity index (χ1n) is 5.13. The number of hydrogen-bond donors (Lipinski definition) is 0. The van der Waals surface area contributed by atoms with Gasteiger partial charge in [-0.15, -0.1) is 0 Å². The molecule has 0 N–H and O–H groups in total. The Kier molecular flexibility index (Phi) is 3.94. The van der Waals surface area contributed by atoms with Gasteiger partial charge < -0.3 is 0 Å². The highest BCUT2D eigenvalue weighted by Crippen LogP contribution is 2.31. The van der Waals surface area contributed by atoms with E-state index in [0.717, 1.165) is 10.7 Å². The van der Waals surface area contributed by atoms with Gasteiger partial charge in [-0.3, -0.25) is 4.98 Å². The molecular weight excluding hydrogens is 194 g/mol. The fraction of sp³-hybridized carbons (Fsp3) is 0.583. The number of hydrogen-bond acceptors (Lipinski definition) is 1. The second-order valence-corrected chi connectivity index (χ2v) is 4.85. The van der Waals surface area contributed by atoms with Crippen LogP contribution in [0.5, 0.6) is 0 Å². The fourth-order valence-electron chi connectivity index (χ4n) is 2.06. The molecule has 0 atom stereocenters.